The van der Waals surface area contributed by atoms with Gasteiger partial charge in [-0.1, -0.05) is 64.9 Å². The van der Waals surface area contributed by atoms with Gasteiger partial charge < -0.3 is 15.3 Å². The molecule has 0 amide bonds. The maximum absolute atomic E-state index is 13.6. The van der Waals surface area contributed by atoms with E-state index in [-0.39, 0.29) is 72.0 Å². The Morgan fingerprint density at radius 3 is 1.33 bits per heavy atom. The van der Waals surface area contributed by atoms with Crippen LogP contribution in [0.5, 0.6) is 0 Å². The Hall–Kier alpha value is -4.77. The maximum atomic E-state index is 13.6. The van der Waals surface area contributed by atoms with E-state index >= 15 is 0 Å². The molecule has 12 nitrogen and oxygen atoms in total. The molecule has 12 aliphatic carbocycles. The second kappa shape index (κ2) is 28.0. The number of halogens is 4. The first-order valence-electron chi connectivity index (χ1n) is 40.4. The normalized spacial score (nSPS) is 42.9. The summed E-state index contributed by atoms with van der Waals surface area (Å²) in [6.07, 6.45) is 35.8. The third kappa shape index (κ3) is 13.4. The van der Waals surface area contributed by atoms with Crippen LogP contribution in [0.1, 0.15) is 243 Å². The van der Waals surface area contributed by atoms with Crippen LogP contribution in [0.3, 0.4) is 0 Å². The summed E-state index contributed by atoms with van der Waals surface area (Å²) in [5, 5.41) is 50.3. The molecule has 16 heteroatoms. The fraction of sp³-hybridized carbons (Fsp3) is 0.727. The number of carbonyl (C=O) groups is 3. The van der Waals surface area contributed by atoms with Gasteiger partial charge in [-0.3, -0.25) is 28.8 Å². The van der Waals surface area contributed by atoms with E-state index in [9.17, 15) is 42.9 Å². The number of rotatable bonds is 8. The highest BCUT2D eigenvalue weighted by Gasteiger charge is 2.65. The zero-order valence-electron chi connectivity index (χ0n) is 63.1. The van der Waals surface area contributed by atoms with Crippen molar-refractivity contribution in [1.82, 2.24) is 29.8 Å². The number of Topliss-reactive ketones (excluding diaryl/α,β-unsaturated/α-hetero) is 3. The number of aromatic nitrogens is 6. The van der Waals surface area contributed by atoms with Gasteiger partial charge in [0, 0.05) is 40.1 Å². The monoisotopic (exact) mass is 1490 g/mol. The zero-order valence-corrected chi connectivity index (χ0v) is 64.7. The van der Waals surface area contributed by atoms with Gasteiger partial charge >= 0.3 is 0 Å². The number of nitrogens with one attached hydrogen (secondary N) is 1. The highest BCUT2D eigenvalue weighted by molar-refractivity contribution is 9.09. The lowest BCUT2D eigenvalue weighted by molar-refractivity contribution is -0.151. The Morgan fingerprint density at radius 1 is 0.462 bits per heavy atom. The van der Waals surface area contributed by atoms with Crippen LogP contribution < -0.4 is 0 Å². The van der Waals surface area contributed by atoms with Crippen molar-refractivity contribution in [2.45, 2.75) is 273 Å². The number of benzene rings is 3. The average molecular weight is 1500 g/mol. The van der Waals surface area contributed by atoms with E-state index in [4.69, 9.17) is 0 Å². The summed E-state index contributed by atoms with van der Waals surface area (Å²) < 4.78 is 43.1. The predicted octanol–water partition coefficient (Wildman–Crippen LogP) is 20.0. The molecule has 12 saturated carbocycles. The SMILES string of the molecule is C.C[C@@]1(O)CC[C@@]2(C)[C@@H](CC[C@@H]3[C@@H]2CC[C@]2(C)[C@@H](C(=O)CBr)CC[C@@H]32)C1.C[C@@]1(O)CC[C@@]2(C)[C@@H](CC[C@@H]3[C@@H]2CC[C@]2(C)[C@@H](C(=O)Cn4cc5cc(F)ccc5n4)CC[C@@H]32)C1.C[C@@]1(O)CC[C@@]2(C)[C@@H](CC[C@@H]3[C@@H]2CC[C@]2(C)[C@@H](C(=O)Cn4ncc5cc(F)ccc54)CC[C@@H]32)C1.Fc1ccc2[nH]ncc2c1. The van der Waals surface area contributed by atoms with Crippen LogP contribution in [-0.4, -0.2) is 84.6 Å². The number of hydrogen-bond acceptors (Lipinski definition) is 9. The molecule has 3 aromatic carbocycles. The molecule has 3 heterocycles. The summed E-state index contributed by atoms with van der Waals surface area (Å²) in [7, 11) is 0. The molecule has 0 spiro atoms. The van der Waals surface area contributed by atoms with Crippen LogP contribution in [-0.2, 0) is 27.5 Å². The summed E-state index contributed by atoms with van der Waals surface area (Å²) in [6, 6.07) is 13.8. The first-order valence-corrected chi connectivity index (χ1v) is 41.5. The average Bonchev–Trinajstić information content (AvgIpc) is 1.36. The smallest absolute Gasteiger partial charge is 0.157 e. The van der Waals surface area contributed by atoms with Crippen molar-refractivity contribution in [3.8, 4) is 0 Å². The van der Waals surface area contributed by atoms with Crippen LogP contribution in [0, 0.1) is 139 Å². The van der Waals surface area contributed by atoms with Crippen LogP contribution in [0.4, 0.5) is 13.2 Å². The fourth-order valence-corrected chi connectivity index (χ4v) is 28.1. The van der Waals surface area contributed by atoms with Crippen molar-refractivity contribution in [2.75, 3.05) is 5.33 Å². The molecule has 24 atom stereocenters. The molecule has 18 rings (SSSR count). The molecule has 568 valence electrons. The molecular weight excluding hydrogens is 1370 g/mol. The molecule has 6 aromatic rings. The van der Waals surface area contributed by atoms with Gasteiger partial charge in [0.1, 0.15) is 29.8 Å². The number of alkyl halides is 1. The molecule has 0 bridgehead atoms. The van der Waals surface area contributed by atoms with Gasteiger partial charge in [0.05, 0.1) is 57.6 Å². The van der Waals surface area contributed by atoms with Crippen molar-refractivity contribution >= 4 is 66.0 Å². The van der Waals surface area contributed by atoms with E-state index in [0.717, 1.165) is 158 Å². The van der Waals surface area contributed by atoms with Gasteiger partial charge in [-0.2, -0.15) is 15.3 Å². The van der Waals surface area contributed by atoms with Crippen molar-refractivity contribution < 1.29 is 42.9 Å². The molecule has 12 aliphatic rings. The van der Waals surface area contributed by atoms with Crippen molar-refractivity contribution in [2.24, 2.45) is 121 Å². The van der Waals surface area contributed by atoms with Crippen molar-refractivity contribution in [1.29, 1.82) is 0 Å². The Balaban J connectivity index is 0.000000124. The molecule has 3 aromatic heterocycles. The Labute approximate surface area is 625 Å². The number of aliphatic hydroxyl groups is 3. The van der Waals surface area contributed by atoms with Crippen LogP contribution in [0.2, 0.25) is 0 Å². The molecule has 0 saturated heterocycles. The first-order chi connectivity index (χ1) is 48.8. The van der Waals surface area contributed by atoms with E-state index in [0.29, 0.717) is 74.4 Å². The Bertz CT molecular complexity index is 4150. The second-order valence-electron chi connectivity index (χ2n) is 38.8. The van der Waals surface area contributed by atoms with Gasteiger partial charge in [0.25, 0.3) is 0 Å². The minimum absolute atomic E-state index is 0. The molecule has 4 N–H and O–H groups in total. The summed E-state index contributed by atoms with van der Waals surface area (Å²) in [5.74, 6) is 9.27. The Kier molecular flexibility index (Phi) is 20.4. The highest BCUT2D eigenvalue weighted by Crippen LogP contribution is 2.72. The van der Waals surface area contributed by atoms with Gasteiger partial charge in [-0.25, -0.2) is 13.2 Å². The van der Waals surface area contributed by atoms with Gasteiger partial charge in [0.2, 0.25) is 0 Å². The van der Waals surface area contributed by atoms with Gasteiger partial charge in [-0.15, -0.1) is 0 Å². The van der Waals surface area contributed by atoms with Crippen LogP contribution >= 0.6 is 15.9 Å². The van der Waals surface area contributed by atoms with E-state index in [2.05, 4.69) is 77.9 Å². The van der Waals surface area contributed by atoms with E-state index in [1.165, 1.54) is 120 Å². The lowest BCUT2D eigenvalue weighted by atomic mass is 9.44. The van der Waals surface area contributed by atoms with Crippen LogP contribution in [0.25, 0.3) is 32.7 Å². The predicted molar refractivity (Wildman–Crippen MR) is 409 cm³/mol. The first kappa shape index (κ1) is 76.0. The van der Waals surface area contributed by atoms with Crippen molar-refractivity contribution in [3.05, 3.63) is 90.6 Å². The molecule has 0 radical (unpaired) electrons. The maximum Gasteiger partial charge on any atom is 0.157 e. The molecule has 104 heavy (non-hydrogen) atoms. The van der Waals surface area contributed by atoms with Crippen LogP contribution in [0.15, 0.2) is 73.2 Å². The number of hydrogen-bond donors (Lipinski definition) is 4. The lowest BCUT2D eigenvalue weighted by Gasteiger charge is -2.61. The molecular formula is C88H122BrF3N6O6. The number of carbonyl (C=O) groups excluding carboxylic acids is 3. The summed E-state index contributed by atoms with van der Waals surface area (Å²) in [5.41, 5.74) is 2.52. The number of H-pyrrole nitrogens is 1. The van der Waals surface area contributed by atoms with E-state index in [1.54, 1.807) is 40.0 Å². The number of aromatic amines is 1. The second-order valence-corrected chi connectivity index (χ2v) is 39.3. The molecule has 0 unspecified atom stereocenters. The number of nitrogens with zero attached hydrogens (tertiary/aromatic N) is 5. The summed E-state index contributed by atoms with van der Waals surface area (Å²) >= 11 is 3.43. The zero-order chi connectivity index (χ0) is 72.8. The lowest BCUT2D eigenvalue weighted by Crippen LogP contribution is -2.55. The Morgan fingerprint density at radius 2 is 0.865 bits per heavy atom. The van der Waals surface area contributed by atoms with E-state index < -0.39 is 16.8 Å². The fourth-order valence-electron chi connectivity index (χ4n) is 27.7. The summed E-state index contributed by atoms with van der Waals surface area (Å²) in [4.78, 5) is 39.7. The third-order valence-electron chi connectivity index (χ3n) is 33.3. The topological polar surface area (TPSA) is 176 Å². The third-order valence-corrected chi connectivity index (χ3v) is 33.9. The molecule has 12 fully saturated rings. The van der Waals surface area contributed by atoms with Crippen molar-refractivity contribution in [3.63, 3.8) is 0 Å². The van der Waals surface area contributed by atoms with E-state index in [1.807, 2.05) is 27.0 Å². The highest BCUT2D eigenvalue weighted by atomic mass is 79.9. The number of ketones is 3. The standard InChI is InChI=1S/2C29H39FN2O2.C22H35BrO2.C7H5FN2.CH4/c1-27(34)12-13-28(2)19(15-27)4-6-21-22-7-8-24(29(22,3)11-10-23(21)28)26(33)17-32-16-18-14-20(30)5-9-25(18)31-32;1-27(34)12-13-28(2)19(15-27)4-6-21-22-7-8-24(29(22,3)11-10-23(21)28)26(33)17-32-25-9-5-20(30)14-18(25)16-31-32;1-20(25)10-11-21(2)14(12-20)4-5-15-16-6-7-18(19(24)13-23)22(16,3)9-8-17(15)21;8-6-1-2-7-5(3-6)4-9-10-7;/h2*5,9,14,16,19,21-24,34H,4,6-8,10-13,15,17H2,1-3H3;14-18,25H,4-13H2,1-3H3;1-4H,(H,9,10);1H4/t2*19-,21-,22-,23-,24+,27+,28-,29-;14-,15-,16-,17-,18+,20+,21-,22-;;/m000../s1. The molecule has 0 aliphatic heterocycles. The minimum Gasteiger partial charge on any atom is -0.390 e. The van der Waals surface area contributed by atoms with Gasteiger partial charge in [-0.05, 0) is 352 Å². The largest absolute Gasteiger partial charge is 0.390 e. The van der Waals surface area contributed by atoms with Gasteiger partial charge in [0.15, 0.2) is 11.6 Å². The quantitative estimate of drug-likeness (QED) is 0.108. The number of fused-ring (bicyclic) bond motifs is 18. The minimum atomic E-state index is -0.493. The summed E-state index contributed by atoms with van der Waals surface area (Å²) in [6.45, 7) is 21.5.